The SMILES string of the molecule is CN=C(NCCCCN1CCN(C)CC1)NCC(CC(C)C)N1CCOCC1. The molecule has 2 aliphatic rings. The van der Waals surface area contributed by atoms with E-state index in [1.807, 2.05) is 7.05 Å². The molecule has 0 aromatic carbocycles. The number of unbranched alkanes of at least 4 members (excludes halogenated alkanes) is 1. The van der Waals surface area contributed by atoms with Gasteiger partial charge in [0.25, 0.3) is 0 Å². The lowest BCUT2D eigenvalue weighted by Crippen LogP contribution is -2.51. The van der Waals surface area contributed by atoms with E-state index >= 15 is 0 Å². The molecule has 0 amide bonds. The molecule has 28 heavy (non-hydrogen) atoms. The second kappa shape index (κ2) is 13.4. The molecule has 2 N–H and O–H groups in total. The number of hydrogen-bond donors (Lipinski definition) is 2. The molecular formula is C21H44N6O. The highest BCUT2D eigenvalue weighted by atomic mass is 16.5. The molecule has 0 radical (unpaired) electrons. The lowest BCUT2D eigenvalue weighted by Gasteiger charge is -2.35. The van der Waals surface area contributed by atoms with Crippen LogP contribution in [0.3, 0.4) is 0 Å². The van der Waals surface area contributed by atoms with Crippen LogP contribution in [0.15, 0.2) is 4.99 Å². The van der Waals surface area contributed by atoms with E-state index in [0.717, 1.165) is 45.4 Å². The smallest absolute Gasteiger partial charge is 0.191 e. The minimum absolute atomic E-state index is 0.541. The number of rotatable bonds is 10. The molecule has 7 heteroatoms. The number of ether oxygens (including phenoxy) is 1. The number of piperazine rings is 1. The third kappa shape index (κ3) is 9.07. The van der Waals surface area contributed by atoms with Gasteiger partial charge in [0.1, 0.15) is 0 Å². The summed E-state index contributed by atoms with van der Waals surface area (Å²) < 4.78 is 5.52. The highest BCUT2D eigenvalue weighted by Gasteiger charge is 2.22. The van der Waals surface area contributed by atoms with E-state index in [-0.39, 0.29) is 0 Å². The van der Waals surface area contributed by atoms with Crippen LogP contribution in [0.4, 0.5) is 0 Å². The summed E-state index contributed by atoms with van der Waals surface area (Å²) in [5, 5.41) is 7.05. The fourth-order valence-electron chi connectivity index (χ4n) is 4.02. The molecule has 0 bridgehead atoms. The van der Waals surface area contributed by atoms with E-state index in [2.05, 4.69) is 51.2 Å². The van der Waals surface area contributed by atoms with E-state index < -0.39 is 0 Å². The molecule has 2 rings (SSSR count). The number of morpholine rings is 1. The molecule has 7 nitrogen and oxygen atoms in total. The maximum absolute atomic E-state index is 5.52. The molecule has 2 fully saturated rings. The Morgan fingerprint density at radius 3 is 2.36 bits per heavy atom. The fourth-order valence-corrected chi connectivity index (χ4v) is 4.02. The van der Waals surface area contributed by atoms with Gasteiger partial charge in [0.05, 0.1) is 13.2 Å². The average Bonchev–Trinajstić information content (AvgIpc) is 2.70. The van der Waals surface area contributed by atoms with Gasteiger partial charge in [-0.3, -0.25) is 9.89 Å². The zero-order chi connectivity index (χ0) is 20.2. The normalized spacial score (nSPS) is 21.8. The summed E-state index contributed by atoms with van der Waals surface area (Å²) in [4.78, 5) is 12.0. The molecule has 2 aliphatic heterocycles. The number of nitrogens with zero attached hydrogens (tertiary/aromatic N) is 4. The molecule has 0 aromatic rings. The van der Waals surface area contributed by atoms with Crippen LogP contribution < -0.4 is 10.6 Å². The van der Waals surface area contributed by atoms with Gasteiger partial charge in [-0.1, -0.05) is 13.8 Å². The van der Waals surface area contributed by atoms with E-state index in [0.29, 0.717) is 12.0 Å². The zero-order valence-corrected chi connectivity index (χ0v) is 18.8. The van der Waals surface area contributed by atoms with Gasteiger partial charge in [-0.15, -0.1) is 0 Å². The van der Waals surface area contributed by atoms with Crippen LogP contribution in [-0.4, -0.2) is 113 Å². The zero-order valence-electron chi connectivity index (χ0n) is 18.8. The highest BCUT2D eigenvalue weighted by molar-refractivity contribution is 5.79. The summed E-state index contributed by atoms with van der Waals surface area (Å²) in [6, 6.07) is 0.541. The van der Waals surface area contributed by atoms with Gasteiger partial charge in [0.15, 0.2) is 5.96 Å². The molecular weight excluding hydrogens is 352 g/mol. The maximum atomic E-state index is 5.52. The van der Waals surface area contributed by atoms with E-state index in [1.165, 1.54) is 52.0 Å². The number of nitrogens with one attached hydrogen (secondary N) is 2. The summed E-state index contributed by atoms with van der Waals surface area (Å²) >= 11 is 0. The Balaban J connectivity index is 1.62. The Morgan fingerprint density at radius 1 is 1.00 bits per heavy atom. The Morgan fingerprint density at radius 2 is 1.71 bits per heavy atom. The predicted octanol–water partition coefficient (Wildman–Crippen LogP) is 0.926. The van der Waals surface area contributed by atoms with Gasteiger partial charge in [-0.25, -0.2) is 0 Å². The molecule has 0 aromatic heterocycles. The summed E-state index contributed by atoms with van der Waals surface area (Å²) in [5.41, 5.74) is 0. The van der Waals surface area contributed by atoms with Crippen molar-refractivity contribution in [2.45, 2.75) is 39.2 Å². The first-order valence-corrected chi connectivity index (χ1v) is 11.3. The molecule has 0 spiro atoms. The van der Waals surface area contributed by atoms with Crippen molar-refractivity contribution in [1.29, 1.82) is 0 Å². The molecule has 2 saturated heterocycles. The highest BCUT2D eigenvalue weighted by Crippen LogP contribution is 2.13. The van der Waals surface area contributed by atoms with E-state index in [4.69, 9.17) is 4.74 Å². The van der Waals surface area contributed by atoms with Crippen LogP contribution in [-0.2, 0) is 4.74 Å². The van der Waals surface area contributed by atoms with E-state index in [9.17, 15) is 0 Å². The van der Waals surface area contributed by atoms with Gasteiger partial charge in [0, 0.05) is 65.4 Å². The number of aliphatic imine (C=N–C) groups is 1. The quantitative estimate of drug-likeness (QED) is 0.325. The van der Waals surface area contributed by atoms with Crippen molar-refractivity contribution in [3.05, 3.63) is 0 Å². The molecule has 2 heterocycles. The minimum atomic E-state index is 0.541. The van der Waals surface area contributed by atoms with Crippen molar-refractivity contribution >= 4 is 5.96 Å². The minimum Gasteiger partial charge on any atom is -0.379 e. The van der Waals surface area contributed by atoms with Crippen LogP contribution in [0, 0.1) is 5.92 Å². The van der Waals surface area contributed by atoms with Crippen LogP contribution in [0.25, 0.3) is 0 Å². The first-order chi connectivity index (χ1) is 13.6. The second-order valence-electron chi connectivity index (χ2n) is 8.66. The first-order valence-electron chi connectivity index (χ1n) is 11.3. The van der Waals surface area contributed by atoms with E-state index in [1.54, 1.807) is 0 Å². The standard InChI is InChI=1S/C21H44N6O/c1-19(2)17-20(27-13-15-28-16-14-27)18-24-21(22-3)23-7-5-6-8-26-11-9-25(4)10-12-26/h19-20H,5-18H2,1-4H3,(H2,22,23,24). The van der Waals surface area contributed by atoms with Gasteiger partial charge >= 0.3 is 0 Å². The topological polar surface area (TPSA) is 55.4 Å². The Kier molecular flexibility index (Phi) is 11.2. The number of guanidine groups is 1. The molecule has 0 saturated carbocycles. The summed E-state index contributed by atoms with van der Waals surface area (Å²) in [5.74, 6) is 1.63. The monoisotopic (exact) mass is 396 g/mol. The van der Waals surface area contributed by atoms with Crippen molar-refractivity contribution in [2.75, 3.05) is 86.2 Å². The maximum Gasteiger partial charge on any atom is 0.191 e. The Bertz CT molecular complexity index is 431. The van der Waals surface area contributed by atoms with Crippen LogP contribution in [0.5, 0.6) is 0 Å². The molecule has 0 aliphatic carbocycles. The Labute approximate surface area is 172 Å². The van der Waals surface area contributed by atoms with Crippen molar-refractivity contribution in [1.82, 2.24) is 25.3 Å². The predicted molar refractivity (Wildman–Crippen MR) is 118 cm³/mol. The second-order valence-corrected chi connectivity index (χ2v) is 8.66. The lowest BCUT2D eigenvalue weighted by molar-refractivity contribution is 0.0132. The third-order valence-corrected chi connectivity index (χ3v) is 5.82. The number of likely N-dealkylation sites (N-methyl/N-ethyl adjacent to an activating group) is 1. The van der Waals surface area contributed by atoms with Crippen LogP contribution >= 0.6 is 0 Å². The number of hydrogen-bond acceptors (Lipinski definition) is 5. The molecule has 1 atom stereocenters. The Hall–Kier alpha value is -0.890. The summed E-state index contributed by atoms with van der Waals surface area (Å²) in [6.07, 6.45) is 3.64. The van der Waals surface area contributed by atoms with Gasteiger partial charge in [-0.2, -0.15) is 0 Å². The van der Waals surface area contributed by atoms with Crippen molar-refractivity contribution in [3.8, 4) is 0 Å². The lowest BCUT2D eigenvalue weighted by atomic mass is 10.0. The molecule has 1 unspecified atom stereocenters. The fraction of sp³-hybridized carbons (Fsp3) is 0.952. The third-order valence-electron chi connectivity index (χ3n) is 5.82. The van der Waals surface area contributed by atoms with Crippen molar-refractivity contribution in [3.63, 3.8) is 0 Å². The van der Waals surface area contributed by atoms with Gasteiger partial charge in [0.2, 0.25) is 0 Å². The van der Waals surface area contributed by atoms with Gasteiger partial charge < -0.3 is 25.2 Å². The summed E-state index contributed by atoms with van der Waals surface area (Å²) in [7, 11) is 4.08. The van der Waals surface area contributed by atoms with Gasteiger partial charge in [-0.05, 0) is 38.8 Å². The van der Waals surface area contributed by atoms with Crippen LogP contribution in [0.2, 0.25) is 0 Å². The first kappa shape index (κ1) is 23.4. The average molecular weight is 397 g/mol. The summed E-state index contributed by atoms with van der Waals surface area (Å²) in [6.45, 7) is 16.4. The molecule has 164 valence electrons. The van der Waals surface area contributed by atoms with Crippen molar-refractivity contribution < 1.29 is 4.74 Å². The van der Waals surface area contributed by atoms with Crippen LogP contribution in [0.1, 0.15) is 33.1 Å². The largest absolute Gasteiger partial charge is 0.379 e. The van der Waals surface area contributed by atoms with Crippen molar-refractivity contribution in [2.24, 2.45) is 10.9 Å².